The van der Waals surface area contributed by atoms with Crippen molar-refractivity contribution < 1.29 is 5.11 Å². The summed E-state index contributed by atoms with van der Waals surface area (Å²) >= 11 is 0. The van der Waals surface area contributed by atoms with E-state index in [0.29, 0.717) is 11.5 Å². The predicted molar refractivity (Wildman–Crippen MR) is 71.6 cm³/mol. The fourth-order valence-electron chi connectivity index (χ4n) is 1.96. The molecule has 3 aromatic rings. The molecule has 0 amide bonds. The van der Waals surface area contributed by atoms with E-state index in [1.807, 2.05) is 30.3 Å². The topological polar surface area (TPSA) is 86.7 Å². The fourth-order valence-corrected chi connectivity index (χ4v) is 1.96. The highest BCUT2D eigenvalue weighted by Gasteiger charge is 2.13. The smallest absolute Gasteiger partial charge is 0.182 e. The highest BCUT2D eigenvalue weighted by molar-refractivity contribution is 5.82. The molecule has 0 aliphatic heterocycles. The van der Waals surface area contributed by atoms with Gasteiger partial charge in [0.25, 0.3) is 0 Å². The molecule has 3 N–H and O–H groups in total. The number of aliphatic hydroxyl groups is 1. The van der Waals surface area contributed by atoms with Gasteiger partial charge in [-0.2, -0.15) is 0 Å². The lowest BCUT2D eigenvalue weighted by molar-refractivity contribution is 0.276. The van der Waals surface area contributed by atoms with Gasteiger partial charge in [0.1, 0.15) is 11.8 Å². The van der Waals surface area contributed by atoms with Crippen LogP contribution in [0.5, 0.6) is 0 Å². The third kappa shape index (κ3) is 2.25. The Kier molecular flexibility index (Phi) is 3.07. The van der Waals surface area contributed by atoms with Crippen molar-refractivity contribution in [3.05, 3.63) is 48.5 Å². The molecule has 0 saturated heterocycles. The van der Waals surface area contributed by atoms with Gasteiger partial charge in [-0.05, 0) is 5.56 Å². The first-order valence-corrected chi connectivity index (χ1v) is 5.95. The molecule has 0 saturated carbocycles. The second kappa shape index (κ2) is 5.03. The number of nitrogens with zero attached hydrogens (tertiary/aromatic N) is 3. The predicted octanol–water partition coefficient (Wildman–Crippen LogP) is 1.50. The number of fused-ring (bicyclic) bond motifs is 1. The summed E-state index contributed by atoms with van der Waals surface area (Å²) in [7, 11) is 0. The zero-order valence-corrected chi connectivity index (χ0v) is 10.1. The molecule has 1 atom stereocenters. The molecule has 0 fully saturated rings. The number of hydrogen-bond acceptors (Lipinski definition) is 5. The lowest BCUT2D eigenvalue weighted by Crippen LogP contribution is -2.15. The first-order valence-electron chi connectivity index (χ1n) is 5.95. The van der Waals surface area contributed by atoms with E-state index in [-0.39, 0.29) is 12.6 Å². The number of hydrogen-bond donors (Lipinski definition) is 3. The fraction of sp³-hybridized carbons (Fsp3) is 0.154. The van der Waals surface area contributed by atoms with E-state index in [2.05, 4.69) is 25.3 Å². The number of aromatic amines is 1. The second-order valence-corrected chi connectivity index (χ2v) is 4.11. The Morgan fingerprint density at radius 3 is 2.79 bits per heavy atom. The summed E-state index contributed by atoms with van der Waals surface area (Å²) in [5, 5.41) is 12.7. The van der Waals surface area contributed by atoms with Crippen molar-refractivity contribution in [3.63, 3.8) is 0 Å². The lowest BCUT2D eigenvalue weighted by Gasteiger charge is -2.17. The van der Waals surface area contributed by atoms with Crippen LogP contribution >= 0.6 is 0 Å². The minimum atomic E-state index is -0.220. The molecule has 0 radical (unpaired) electrons. The Balaban J connectivity index is 1.93. The van der Waals surface area contributed by atoms with Crippen molar-refractivity contribution in [3.8, 4) is 0 Å². The van der Waals surface area contributed by atoms with E-state index >= 15 is 0 Å². The molecule has 96 valence electrons. The molecule has 0 bridgehead atoms. The number of benzene rings is 1. The molecule has 6 heteroatoms. The van der Waals surface area contributed by atoms with Gasteiger partial charge < -0.3 is 15.4 Å². The zero-order chi connectivity index (χ0) is 13.1. The average molecular weight is 255 g/mol. The highest BCUT2D eigenvalue weighted by Crippen LogP contribution is 2.21. The molecule has 1 aromatic carbocycles. The third-order valence-corrected chi connectivity index (χ3v) is 2.92. The van der Waals surface area contributed by atoms with E-state index in [9.17, 15) is 5.11 Å². The monoisotopic (exact) mass is 255 g/mol. The lowest BCUT2D eigenvalue weighted by atomic mass is 10.1. The Morgan fingerprint density at radius 2 is 2.00 bits per heavy atom. The van der Waals surface area contributed by atoms with E-state index in [1.165, 1.54) is 6.33 Å². The van der Waals surface area contributed by atoms with Gasteiger partial charge in [-0.1, -0.05) is 30.3 Å². The second-order valence-electron chi connectivity index (χ2n) is 4.11. The largest absolute Gasteiger partial charge is 0.394 e. The summed E-state index contributed by atoms with van der Waals surface area (Å²) in [6, 6.07) is 9.51. The molecule has 2 aromatic heterocycles. The summed E-state index contributed by atoms with van der Waals surface area (Å²) in [5.74, 6) is 0.630. The van der Waals surface area contributed by atoms with Gasteiger partial charge >= 0.3 is 0 Å². The molecule has 0 spiro atoms. The SMILES string of the molecule is OCC(Nc1ncnc2nc[nH]c12)c1ccccc1. The normalized spacial score (nSPS) is 12.5. The van der Waals surface area contributed by atoms with Crippen LogP contribution in [-0.4, -0.2) is 31.6 Å². The number of imidazole rings is 1. The van der Waals surface area contributed by atoms with Crippen LogP contribution < -0.4 is 5.32 Å². The Hall–Kier alpha value is -2.47. The molecular weight excluding hydrogens is 242 g/mol. The Labute approximate surface area is 109 Å². The van der Waals surface area contributed by atoms with Crippen molar-refractivity contribution in [1.82, 2.24) is 19.9 Å². The molecule has 2 heterocycles. The molecule has 19 heavy (non-hydrogen) atoms. The van der Waals surface area contributed by atoms with Gasteiger partial charge in [-0.3, -0.25) is 0 Å². The first kappa shape index (κ1) is 11.6. The van der Waals surface area contributed by atoms with Crippen molar-refractivity contribution in [2.45, 2.75) is 6.04 Å². The van der Waals surface area contributed by atoms with Crippen molar-refractivity contribution in [2.75, 3.05) is 11.9 Å². The van der Waals surface area contributed by atoms with Crippen LogP contribution in [0.2, 0.25) is 0 Å². The molecule has 0 aliphatic carbocycles. The highest BCUT2D eigenvalue weighted by atomic mass is 16.3. The zero-order valence-electron chi connectivity index (χ0n) is 10.1. The van der Waals surface area contributed by atoms with Gasteiger partial charge in [-0.25, -0.2) is 15.0 Å². The van der Waals surface area contributed by atoms with Crippen LogP contribution in [0.15, 0.2) is 43.0 Å². The Bertz CT molecular complexity index is 667. The molecule has 3 rings (SSSR count). The summed E-state index contributed by atoms with van der Waals surface area (Å²) in [6.07, 6.45) is 3.02. The molecule has 1 unspecified atom stereocenters. The summed E-state index contributed by atoms with van der Waals surface area (Å²) in [5.41, 5.74) is 2.33. The Morgan fingerprint density at radius 1 is 1.16 bits per heavy atom. The summed E-state index contributed by atoms with van der Waals surface area (Å²) in [6.45, 7) is -0.0242. The average Bonchev–Trinajstić information content (AvgIpc) is 2.95. The van der Waals surface area contributed by atoms with Crippen molar-refractivity contribution in [2.24, 2.45) is 0 Å². The number of anilines is 1. The van der Waals surface area contributed by atoms with E-state index in [4.69, 9.17) is 0 Å². The maximum Gasteiger partial charge on any atom is 0.182 e. The van der Waals surface area contributed by atoms with Crippen LogP contribution in [0.3, 0.4) is 0 Å². The van der Waals surface area contributed by atoms with Gasteiger partial charge in [-0.15, -0.1) is 0 Å². The molecule has 6 nitrogen and oxygen atoms in total. The standard InChI is InChI=1S/C13H13N5O/c19-6-10(9-4-2-1-3-5-9)18-13-11-12(15-7-14-11)16-8-17-13/h1-5,7-8,10,19H,6H2,(H2,14,15,16,17,18). The molecule has 0 aliphatic rings. The minimum absolute atomic E-state index is 0.0242. The van der Waals surface area contributed by atoms with Crippen LogP contribution in [0.1, 0.15) is 11.6 Å². The van der Waals surface area contributed by atoms with Gasteiger partial charge in [0.15, 0.2) is 11.5 Å². The minimum Gasteiger partial charge on any atom is -0.394 e. The quantitative estimate of drug-likeness (QED) is 0.657. The number of aromatic nitrogens is 4. The third-order valence-electron chi connectivity index (χ3n) is 2.92. The number of aliphatic hydroxyl groups excluding tert-OH is 1. The van der Waals surface area contributed by atoms with Crippen LogP contribution in [-0.2, 0) is 0 Å². The van der Waals surface area contributed by atoms with Gasteiger partial charge in [0, 0.05) is 0 Å². The maximum atomic E-state index is 9.53. The number of H-pyrrole nitrogens is 1. The van der Waals surface area contributed by atoms with Crippen LogP contribution in [0, 0.1) is 0 Å². The number of nitrogens with one attached hydrogen (secondary N) is 2. The van der Waals surface area contributed by atoms with Crippen LogP contribution in [0.4, 0.5) is 5.82 Å². The number of rotatable bonds is 4. The van der Waals surface area contributed by atoms with Crippen LogP contribution in [0.25, 0.3) is 11.2 Å². The van der Waals surface area contributed by atoms with Gasteiger partial charge in [0.05, 0.1) is 19.0 Å². The summed E-state index contributed by atoms with van der Waals surface area (Å²) < 4.78 is 0. The van der Waals surface area contributed by atoms with Crippen molar-refractivity contribution in [1.29, 1.82) is 0 Å². The van der Waals surface area contributed by atoms with E-state index in [1.54, 1.807) is 6.33 Å². The maximum absolute atomic E-state index is 9.53. The van der Waals surface area contributed by atoms with E-state index in [0.717, 1.165) is 11.1 Å². The summed E-state index contributed by atoms with van der Waals surface area (Å²) in [4.78, 5) is 15.3. The molecular formula is C13H13N5O. The first-order chi connectivity index (χ1) is 9.38. The van der Waals surface area contributed by atoms with E-state index < -0.39 is 0 Å². The van der Waals surface area contributed by atoms with Gasteiger partial charge in [0.2, 0.25) is 0 Å². The van der Waals surface area contributed by atoms with Crippen molar-refractivity contribution >= 4 is 17.0 Å².